The van der Waals surface area contributed by atoms with Crippen molar-refractivity contribution in [3.8, 4) is 5.75 Å². The van der Waals surface area contributed by atoms with Crippen LogP contribution in [0.2, 0.25) is 0 Å². The first-order valence-corrected chi connectivity index (χ1v) is 9.58. The number of aromatic amines is 1. The number of likely N-dealkylation sites (tertiary alicyclic amines) is 1. The quantitative estimate of drug-likeness (QED) is 0.699. The van der Waals surface area contributed by atoms with Crippen LogP contribution in [0, 0.1) is 0 Å². The Morgan fingerprint density at radius 1 is 1.22 bits per heavy atom. The van der Waals surface area contributed by atoms with Gasteiger partial charge >= 0.3 is 6.03 Å². The van der Waals surface area contributed by atoms with E-state index < -0.39 is 0 Å². The molecular formula is C20H29N5O2. The van der Waals surface area contributed by atoms with Crippen molar-refractivity contribution in [3.05, 3.63) is 47.8 Å². The van der Waals surface area contributed by atoms with Gasteiger partial charge in [0.2, 0.25) is 0 Å². The standard InChI is InChI=1S/C20H29N5O2/c1-15(17-12-22-23-13-17)24-20(26)21-14-19(25-10-4-3-5-11-25)16-6-8-18(27-2)9-7-16/h6-9,12-13,15,19H,3-5,10-11,14H2,1-2H3,(H,22,23)(H2,21,24,26). The molecule has 3 rings (SSSR count). The van der Waals surface area contributed by atoms with Gasteiger partial charge in [0.25, 0.3) is 0 Å². The van der Waals surface area contributed by atoms with Gasteiger partial charge in [-0.25, -0.2) is 4.79 Å². The molecule has 0 radical (unpaired) electrons. The van der Waals surface area contributed by atoms with E-state index in [4.69, 9.17) is 4.74 Å². The number of carbonyl (C=O) groups excluding carboxylic acids is 1. The van der Waals surface area contributed by atoms with E-state index in [0.717, 1.165) is 24.4 Å². The van der Waals surface area contributed by atoms with Crippen LogP contribution in [-0.4, -0.2) is 47.9 Å². The Hall–Kier alpha value is -2.54. The predicted octanol–water partition coefficient (Wildman–Crippen LogP) is 3.01. The fraction of sp³-hybridized carbons (Fsp3) is 0.500. The number of carbonyl (C=O) groups is 1. The Kier molecular flexibility index (Phi) is 6.70. The Morgan fingerprint density at radius 3 is 2.59 bits per heavy atom. The SMILES string of the molecule is COc1ccc(C(CNC(=O)NC(C)c2cn[nH]c2)N2CCCCC2)cc1. The molecule has 0 bridgehead atoms. The lowest BCUT2D eigenvalue weighted by Gasteiger charge is -2.35. The molecule has 146 valence electrons. The van der Waals surface area contributed by atoms with Gasteiger partial charge in [0.05, 0.1) is 25.4 Å². The number of nitrogens with one attached hydrogen (secondary N) is 3. The molecule has 2 amide bonds. The molecule has 7 heteroatoms. The molecule has 2 aromatic rings. The smallest absolute Gasteiger partial charge is 0.315 e. The molecule has 2 atom stereocenters. The van der Waals surface area contributed by atoms with E-state index in [9.17, 15) is 4.79 Å². The lowest BCUT2D eigenvalue weighted by atomic mass is 10.0. The first-order chi connectivity index (χ1) is 13.2. The summed E-state index contributed by atoms with van der Waals surface area (Å²) in [5.41, 5.74) is 2.15. The van der Waals surface area contributed by atoms with E-state index in [0.29, 0.717) is 6.54 Å². The highest BCUT2D eigenvalue weighted by molar-refractivity contribution is 5.74. The molecule has 27 heavy (non-hydrogen) atoms. The van der Waals surface area contributed by atoms with Crippen molar-refractivity contribution in [3.63, 3.8) is 0 Å². The number of H-pyrrole nitrogens is 1. The monoisotopic (exact) mass is 371 g/mol. The number of hydrogen-bond donors (Lipinski definition) is 3. The zero-order valence-electron chi connectivity index (χ0n) is 16.1. The molecule has 3 N–H and O–H groups in total. The van der Waals surface area contributed by atoms with E-state index in [1.54, 1.807) is 19.5 Å². The average molecular weight is 371 g/mol. The van der Waals surface area contributed by atoms with Crippen LogP contribution in [0.15, 0.2) is 36.7 Å². The van der Waals surface area contributed by atoms with E-state index >= 15 is 0 Å². The van der Waals surface area contributed by atoms with Gasteiger partial charge in [-0.1, -0.05) is 18.6 Å². The van der Waals surface area contributed by atoms with Gasteiger partial charge in [-0.2, -0.15) is 5.10 Å². The van der Waals surface area contributed by atoms with Crippen LogP contribution in [0.25, 0.3) is 0 Å². The average Bonchev–Trinajstić information content (AvgIpc) is 3.24. The van der Waals surface area contributed by atoms with E-state index in [1.165, 1.54) is 24.8 Å². The third-order valence-electron chi connectivity index (χ3n) is 5.15. The Morgan fingerprint density at radius 2 is 1.96 bits per heavy atom. The molecule has 1 aliphatic rings. The Balaban J connectivity index is 1.62. The molecule has 0 aliphatic carbocycles. The first-order valence-electron chi connectivity index (χ1n) is 9.58. The zero-order chi connectivity index (χ0) is 19.1. The third kappa shape index (κ3) is 5.23. The van der Waals surface area contributed by atoms with E-state index in [2.05, 4.69) is 37.9 Å². The van der Waals surface area contributed by atoms with Crippen LogP contribution in [-0.2, 0) is 0 Å². The summed E-state index contributed by atoms with van der Waals surface area (Å²) in [4.78, 5) is 14.8. The van der Waals surface area contributed by atoms with Gasteiger partial charge in [0, 0.05) is 18.3 Å². The number of ether oxygens (including phenoxy) is 1. The van der Waals surface area contributed by atoms with Crippen LogP contribution in [0.1, 0.15) is 49.4 Å². The number of aromatic nitrogens is 2. The highest BCUT2D eigenvalue weighted by atomic mass is 16.5. The van der Waals surface area contributed by atoms with Crippen molar-refractivity contribution in [2.24, 2.45) is 0 Å². The lowest BCUT2D eigenvalue weighted by molar-refractivity contribution is 0.160. The molecule has 7 nitrogen and oxygen atoms in total. The second-order valence-electron chi connectivity index (χ2n) is 6.99. The topological polar surface area (TPSA) is 82.3 Å². The molecule has 0 spiro atoms. The number of rotatable bonds is 7. The number of benzene rings is 1. The maximum absolute atomic E-state index is 12.4. The van der Waals surface area contributed by atoms with E-state index in [1.807, 2.05) is 19.1 Å². The number of amides is 2. The van der Waals surface area contributed by atoms with Gasteiger partial charge in [-0.05, 0) is 50.6 Å². The minimum atomic E-state index is -0.167. The highest BCUT2D eigenvalue weighted by Gasteiger charge is 2.23. The number of hydrogen-bond acceptors (Lipinski definition) is 4. The van der Waals surface area contributed by atoms with Crippen LogP contribution >= 0.6 is 0 Å². The highest BCUT2D eigenvalue weighted by Crippen LogP contribution is 2.25. The number of urea groups is 1. The molecule has 1 aliphatic heterocycles. The van der Waals surface area contributed by atoms with Crippen molar-refractivity contribution >= 4 is 6.03 Å². The summed E-state index contributed by atoms with van der Waals surface area (Å²) in [5.74, 6) is 0.843. The van der Waals surface area contributed by atoms with Crippen molar-refractivity contribution in [1.82, 2.24) is 25.7 Å². The van der Waals surface area contributed by atoms with Crippen LogP contribution in [0.3, 0.4) is 0 Å². The van der Waals surface area contributed by atoms with Crippen molar-refractivity contribution in [2.75, 3.05) is 26.7 Å². The molecule has 1 aromatic heterocycles. The van der Waals surface area contributed by atoms with Gasteiger partial charge in [0.15, 0.2) is 0 Å². The van der Waals surface area contributed by atoms with Crippen molar-refractivity contribution in [2.45, 2.75) is 38.3 Å². The predicted molar refractivity (Wildman–Crippen MR) is 105 cm³/mol. The summed E-state index contributed by atoms with van der Waals surface area (Å²) in [6.07, 6.45) is 7.20. The van der Waals surface area contributed by atoms with Gasteiger partial charge in [0.1, 0.15) is 5.75 Å². The molecule has 1 aromatic carbocycles. The van der Waals surface area contributed by atoms with Crippen molar-refractivity contribution < 1.29 is 9.53 Å². The van der Waals surface area contributed by atoms with E-state index in [-0.39, 0.29) is 18.1 Å². The maximum atomic E-state index is 12.4. The largest absolute Gasteiger partial charge is 0.497 e. The van der Waals surface area contributed by atoms with Gasteiger partial charge in [-0.3, -0.25) is 10.00 Å². The summed E-state index contributed by atoms with van der Waals surface area (Å²) in [5, 5.41) is 12.7. The Labute approximate surface area is 160 Å². The first kappa shape index (κ1) is 19.2. The van der Waals surface area contributed by atoms with Gasteiger partial charge < -0.3 is 15.4 Å². The summed E-state index contributed by atoms with van der Waals surface area (Å²) in [7, 11) is 1.67. The summed E-state index contributed by atoms with van der Waals surface area (Å²) in [6.45, 7) is 4.63. The normalized spacial score (nSPS) is 17.1. The van der Waals surface area contributed by atoms with Crippen LogP contribution in [0.4, 0.5) is 4.79 Å². The second kappa shape index (κ2) is 9.41. The van der Waals surface area contributed by atoms with Crippen LogP contribution in [0.5, 0.6) is 5.75 Å². The van der Waals surface area contributed by atoms with Crippen molar-refractivity contribution in [1.29, 1.82) is 0 Å². The number of piperidine rings is 1. The maximum Gasteiger partial charge on any atom is 0.315 e. The molecular weight excluding hydrogens is 342 g/mol. The fourth-order valence-corrected chi connectivity index (χ4v) is 3.53. The second-order valence-corrected chi connectivity index (χ2v) is 6.99. The number of nitrogens with zero attached hydrogens (tertiary/aromatic N) is 2. The molecule has 1 fully saturated rings. The molecule has 2 unspecified atom stereocenters. The lowest BCUT2D eigenvalue weighted by Crippen LogP contribution is -2.44. The molecule has 0 saturated carbocycles. The van der Waals surface area contributed by atoms with Gasteiger partial charge in [-0.15, -0.1) is 0 Å². The summed E-state index contributed by atoms with van der Waals surface area (Å²) >= 11 is 0. The minimum Gasteiger partial charge on any atom is -0.497 e. The fourth-order valence-electron chi connectivity index (χ4n) is 3.53. The molecule has 1 saturated heterocycles. The minimum absolute atomic E-state index is 0.0989. The Bertz CT molecular complexity index is 696. The van der Waals surface area contributed by atoms with Crippen LogP contribution < -0.4 is 15.4 Å². The number of methoxy groups -OCH3 is 1. The summed E-state index contributed by atoms with van der Waals surface area (Å²) < 4.78 is 5.27. The third-order valence-corrected chi connectivity index (χ3v) is 5.15. The summed E-state index contributed by atoms with van der Waals surface area (Å²) in [6, 6.07) is 8.03. The zero-order valence-corrected chi connectivity index (χ0v) is 16.1. The molecule has 2 heterocycles.